The molecule has 0 radical (unpaired) electrons. The Morgan fingerprint density at radius 3 is 1.50 bits per heavy atom. The molecule has 0 heterocycles. The van der Waals surface area contributed by atoms with Crippen LogP contribution in [-0.4, -0.2) is 12.1 Å². The number of rotatable bonds is 9. The Hall–Kier alpha value is -0.160. The molecule has 0 atom stereocenters. The van der Waals surface area contributed by atoms with Crippen LogP contribution in [0, 0.1) is 0 Å². The first kappa shape index (κ1) is 18.2. The van der Waals surface area contributed by atoms with Gasteiger partial charge in [0.15, 0.2) is 0 Å². The summed E-state index contributed by atoms with van der Waals surface area (Å²) in [5.74, 6) is 8.00. The van der Waals surface area contributed by atoms with E-state index in [0.717, 1.165) is 19.4 Å². The topological polar surface area (TPSA) is 104 Å². The Kier molecular flexibility index (Phi) is 14.7. The summed E-state index contributed by atoms with van der Waals surface area (Å²) in [6.45, 7) is 5.23. The van der Waals surface area contributed by atoms with Gasteiger partial charge in [0, 0.05) is 5.54 Å². The minimum absolute atomic E-state index is 0.0748. The summed E-state index contributed by atoms with van der Waals surface area (Å²) < 4.78 is 0. The van der Waals surface area contributed by atoms with Crippen LogP contribution in [0.25, 0.3) is 0 Å². The first-order valence-electron chi connectivity index (χ1n) is 6.51. The molecular weight excluding hydrogens is 200 g/mol. The van der Waals surface area contributed by atoms with Gasteiger partial charge in [-0.05, 0) is 32.2 Å². The molecule has 0 saturated carbocycles. The lowest BCUT2D eigenvalue weighted by atomic mass is 9.84. The van der Waals surface area contributed by atoms with Crippen LogP contribution in [0.15, 0.2) is 0 Å². The van der Waals surface area contributed by atoms with Crippen LogP contribution in [0.5, 0.6) is 0 Å². The third-order valence-electron chi connectivity index (χ3n) is 2.94. The van der Waals surface area contributed by atoms with Crippen molar-refractivity contribution in [2.45, 2.75) is 70.8 Å². The molecule has 0 amide bonds. The number of nitrogens with two attached hydrogens (primary N) is 4. The minimum atomic E-state index is 0.0748. The second-order valence-electron chi connectivity index (χ2n) is 4.46. The lowest BCUT2D eigenvalue weighted by molar-refractivity contribution is 0.315. The normalized spacial score (nSPS) is 10.9. The molecule has 16 heavy (non-hydrogen) atoms. The molecule has 0 saturated heterocycles. The molecule has 0 aromatic carbocycles. The van der Waals surface area contributed by atoms with Crippen molar-refractivity contribution >= 4 is 0 Å². The average Bonchev–Trinajstić information content (AvgIpc) is 2.34. The van der Waals surface area contributed by atoms with Crippen molar-refractivity contribution < 1.29 is 0 Å². The van der Waals surface area contributed by atoms with E-state index in [9.17, 15) is 0 Å². The summed E-state index contributed by atoms with van der Waals surface area (Å²) in [6, 6.07) is 0. The van der Waals surface area contributed by atoms with E-state index in [0.29, 0.717) is 0 Å². The number of hydrogen-bond donors (Lipinski definition) is 4. The number of hydrazine groups is 1. The Morgan fingerprint density at radius 1 is 0.812 bits per heavy atom. The van der Waals surface area contributed by atoms with Gasteiger partial charge in [-0.2, -0.15) is 0 Å². The largest absolute Gasteiger partial charge is 0.330 e. The van der Waals surface area contributed by atoms with Gasteiger partial charge in [-0.15, -0.1) is 0 Å². The summed E-state index contributed by atoms with van der Waals surface area (Å²) in [5.41, 5.74) is 12.0. The van der Waals surface area contributed by atoms with Crippen molar-refractivity contribution in [2.24, 2.45) is 23.2 Å². The minimum Gasteiger partial charge on any atom is -0.330 e. The van der Waals surface area contributed by atoms with E-state index in [2.05, 4.69) is 25.5 Å². The summed E-state index contributed by atoms with van der Waals surface area (Å²) in [4.78, 5) is 0. The standard InChI is InChI=1S/C12H28N2.H4N2/c1-3-5-8-12(14,9-6-4-2)10-7-11-13;1-2/h3-11,13-14H2,1-2H3;1-2H2. The van der Waals surface area contributed by atoms with Gasteiger partial charge in [0.05, 0.1) is 0 Å². The van der Waals surface area contributed by atoms with Crippen LogP contribution in [0.2, 0.25) is 0 Å². The highest BCUT2D eigenvalue weighted by Gasteiger charge is 2.22. The fourth-order valence-corrected chi connectivity index (χ4v) is 1.89. The zero-order valence-corrected chi connectivity index (χ0v) is 11.2. The van der Waals surface area contributed by atoms with Gasteiger partial charge in [-0.1, -0.05) is 39.5 Å². The maximum absolute atomic E-state index is 6.40. The maximum atomic E-state index is 6.40. The van der Waals surface area contributed by atoms with E-state index in [1.165, 1.54) is 38.5 Å². The van der Waals surface area contributed by atoms with Crippen LogP contribution in [-0.2, 0) is 0 Å². The van der Waals surface area contributed by atoms with Gasteiger partial charge in [0.1, 0.15) is 0 Å². The van der Waals surface area contributed by atoms with Crippen molar-refractivity contribution in [3.63, 3.8) is 0 Å². The molecule has 0 aliphatic heterocycles. The molecule has 0 aliphatic rings. The fraction of sp³-hybridized carbons (Fsp3) is 1.00. The Bertz CT molecular complexity index is 106. The molecule has 0 aromatic heterocycles. The SMILES string of the molecule is CCCCC(N)(CCCC)CCCN.NN. The second-order valence-corrected chi connectivity index (χ2v) is 4.46. The number of hydrogen-bond acceptors (Lipinski definition) is 4. The predicted octanol–water partition coefficient (Wildman–Crippen LogP) is 1.62. The third kappa shape index (κ3) is 10.4. The van der Waals surface area contributed by atoms with Gasteiger partial charge in [-0.25, -0.2) is 0 Å². The molecule has 4 nitrogen and oxygen atoms in total. The van der Waals surface area contributed by atoms with Crippen LogP contribution in [0.3, 0.4) is 0 Å². The van der Waals surface area contributed by atoms with Gasteiger partial charge >= 0.3 is 0 Å². The molecular formula is C12H32N4. The van der Waals surface area contributed by atoms with Crippen molar-refractivity contribution in [1.82, 2.24) is 0 Å². The van der Waals surface area contributed by atoms with E-state index in [4.69, 9.17) is 11.5 Å². The molecule has 8 N–H and O–H groups in total. The maximum Gasteiger partial charge on any atom is 0.0154 e. The van der Waals surface area contributed by atoms with Gasteiger partial charge < -0.3 is 11.5 Å². The summed E-state index contributed by atoms with van der Waals surface area (Å²) >= 11 is 0. The first-order valence-corrected chi connectivity index (χ1v) is 6.51. The summed E-state index contributed by atoms with van der Waals surface area (Å²) in [6.07, 6.45) is 9.51. The van der Waals surface area contributed by atoms with Crippen LogP contribution >= 0.6 is 0 Å². The van der Waals surface area contributed by atoms with Gasteiger partial charge in [-0.3, -0.25) is 11.7 Å². The Morgan fingerprint density at radius 2 is 1.19 bits per heavy atom. The molecule has 0 rings (SSSR count). The lowest BCUT2D eigenvalue weighted by Crippen LogP contribution is -2.40. The van der Waals surface area contributed by atoms with Crippen LogP contribution < -0.4 is 23.2 Å². The molecule has 0 spiro atoms. The van der Waals surface area contributed by atoms with Crippen molar-refractivity contribution in [3.8, 4) is 0 Å². The predicted molar refractivity (Wildman–Crippen MR) is 72.6 cm³/mol. The summed E-state index contributed by atoms with van der Waals surface area (Å²) in [5, 5.41) is 0. The van der Waals surface area contributed by atoms with Crippen molar-refractivity contribution in [3.05, 3.63) is 0 Å². The average molecular weight is 232 g/mol. The molecule has 0 aliphatic carbocycles. The Labute approximate surface area is 101 Å². The van der Waals surface area contributed by atoms with E-state index in [1.807, 2.05) is 0 Å². The Balaban J connectivity index is 0. The highest BCUT2D eigenvalue weighted by Crippen LogP contribution is 2.23. The molecule has 0 bridgehead atoms. The number of unbranched alkanes of at least 4 members (excludes halogenated alkanes) is 2. The lowest BCUT2D eigenvalue weighted by Gasteiger charge is -2.29. The smallest absolute Gasteiger partial charge is 0.0154 e. The van der Waals surface area contributed by atoms with E-state index >= 15 is 0 Å². The highest BCUT2D eigenvalue weighted by molar-refractivity contribution is 4.83. The monoisotopic (exact) mass is 232 g/mol. The molecule has 100 valence electrons. The summed E-state index contributed by atoms with van der Waals surface area (Å²) in [7, 11) is 0. The van der Waals surface area contributed by atoms with E-state index in [-0.39, 0.29) is 5.54 Å². The zero-order chi connectivity index (χ0) is 12.9. The zero-order valence-electron chi connectivity index (χ0n) is 11.2. The molecule has 0 aromatic rings. The van der Waals surface area contributed by atoms with Crippen LogP contribution in [0.4, 0.5) is 0 Å². The molecule has 0 fully saturated rings. The second kappa shape index (κ2) is 12.9. The molecule has 0 unspecified atom stereocenters. The van der Waals surface area contributed by atoms with Gasteiger partial charge in [0.2, 0.25) is 0 Å². The van der Waals surface area contributed by atoms with Gasteiger partial charge in [0.25, 0.3) is 0 Å². The first-order chi connectivity index (χ1) is 7.68. The van der Waals surface area contributed by atoms with Crippen LogP contribution in [0.1, 0.15) is 65.2 Å². The molecule has 4 heteroatoms. The van der Waals surface area contributed by atoms with E-state index in [1.54, 1.807) is 0 Å². The fourth-order valence-electron chi connectivity index (χ4n) is 1.89. The van der Waals surface area contributed by atoms with Crippen molar-refractivity contribution in [2.75, 3.05) is 6.54 Å². The van der Waals surface area contributed by atoms with E-state index < -0.39 is 0 Å². The highest BCUT2D eigenvalue weighted by atomic mass is 15.0. The third-order valence-corrected chi connectivity index (χ3v) is 2.94. The van der Waals surface area contributed by atoms with Crippen molar-refractivity contribution in [1.29, 1.82) is 0 Å². The quantitative estimate of drug-likeness (QED) is 0.358.